The first-order chi connectivity index (χ1) is 14.4. The molecule has 142 valence electrons. The van der Waals surface area contributed by atoms with Crippen molar-refractivity contribution in [3.05, 3.63) is 125 Å². The minimum absolute atomic E-state index is 0.533. The van der Waals surface area contributed by atoms with Gasteiger partial charge in [-0.15, -0.1) is 0 Å². The SMILES string of the molecule is C(=C1\CC(Cc2ccccc2)c2ccccc21)/c1cncn1Cc1ccccc1. The van der Waals surface area contributed by atoms with E-state index < -0.39 is 0 Å². The third kappa shape index (κ3) is 3.79. The molecule has 1 unspecified atom stereocenters. The molecule has 4 aromatic rings. The topological polar surface area (TPSA) is 17.8 Å². The molecule has 0 aliphatic heterocycles. The molecule has 0 radical (unpaired) electrons. The Morgan fingerprint density at radius 1 is 0.828 bits per heavy atom. The third-order valence-corrected chi connectivity index (χ3v) is 5.80. The van der Waals surface area contributed by atoms with Gasteiger partial charge in [-0.3, -0.25) is 0 Å². The summed E-state index contributed by atoms with van der Waals surface area (Å²) in [6, 6.07) is 30.3. The van der Waals surface area contributed by atoms with Gasteiger partial charge < -0.3 is 4.57 Å². The van der Waals surface area contributed by atoms with Gasteiger partial charge in [0.25, 0.3) is 0 Å². The zero-order valence-corrected chi connectivity index (χ0v) is 16.4. The lowest BCUT2D eigenvalue weighted by Gasteiger charge is -2.11. The number of nitrogens with zero attached hydrogens (tertiary/aromatic N) is 2. The van der Waals surface area contributed by atoms with Gasteiger partial charge >= 0.3 is 0 Å². The fraction of sp³-hybridized carbons (Fsp3) is 0.148. The highest BCUT2D eigenvalue weighted by molar-refractivity contribution is 5.85. The number of hydrogen-bond acceptors (Lipinski definition) is 1. The monoisotopic (exact) mass is 376 g/mol. The Kier molecular flexibility index (Phi) is 4.83. The first-order valence-corrected chi connectivity index (χ1v) is 10.2. The maximum Gasteiger partial charge on any atom is 0.0953 e. The summed E-state index contributed by atoms with van der Waals surface area (Å²) in [5, 5.41) is 0. The van der Waals surface area contributed by atoms with Crippen LogP contribution in [0.3, 0.4) is 0 Å². The summed E-state index contributed by atoms with van der Waals surface area (Å²) in [7, 11) is 0. The van der Waals surface area contributed by atoms with Crippen molar-refractivity contribution in [1.82, 2.24) is 9.55 Å². The van der Waals surface area contributed by atoms with Crippen molar-refractivity contribution in [3.63, 3.8) is 0 Å². The van der Waals surface area contributed by atoms with Crippen molar-refractivity contribution >= 4 is 11.6 Å². The lowest BCUT2D eigenvalue weighted by Crippen LogP contribution is -2.00. The van der Waals surface area contributed by atoms with Gasteiger partial charge in [0.05, 0.1) is 18.2 Å². The van der Waals surface area contributed by atoms with Crippen LogP contribution >= 0.6 is 0 Å². The van der Waals surface area contributed by atoms with Crippen LogP contribution < -0.4 is 0 Å². The van der Waals surface area contributed by atoms with E-state index >= 15 is 0 Å². The van der Waals surface area contributed by atoms with Crippen molar-refractivity contribution in [2.45, 2.75) is 25.3 Å². The quantitative estimate of drug-likeness (QED) is 0.405. The van der Waals surface area contributed by atoms with Crippen LogP contribution in [0.25, 0.3) is 11.6 Å². The fourth-order valence-corrected chi connectivity index (χ4v) is 4.39. The molecule has 1 atom stereocenters. The summed E-state index contributed by atoms with van der Waals surface area (Å²) in [5.41, 5.74) is 8.13. The largest absolute Gasteiger partial charge is 0.327 e. The molecular weight excluding hydrogens is 352 g/mol. The third-order valence-electron chi connectivity index (χ3n) is 5.80. The van der Waals surface area contributed by atoms with E-state index in [1.165, 1.54) is 33.5 Å². The highest BCUT2D eigenvalue weighted by Crippen LogP contribution is 2.43. The van der Waals surface area contributed by atoms with E-state index in [0.29, 0.717) is 5.92 Å². The molecule has 2 heteroatoms. The standard InChI is InChI=1S/C27H24N2/c1-3-9-21(10-4-1)15-23-16-24(27-14-8-7-13-26(23)27)17-25-18-28-20-29(25)19-22-11-5-2-6-12-22/h1-14,17-18,20,23H,15-16,19H2/b24-17-. The smallest absolute Gasteiger partial charge is 0.0953 e. The molecule has 0 saturated carbocycles. The number of allylic oxidation sites excluding steroid dienone is 1. The summed E-state index contributed by atoms with van der Waals surface area (Å²) in [6.07, 6.45) is 8.40. The number of rotatable bonds is 5. The van der Waals surface area contributed by atoms with Gasteiger partial charge in [-0.2, -0.15) is 0 Å². The summed E-state index contributed by atoms with van der Waals surface area (Å²) < 4.78 is 2.23. The maximum absolute atomic E-state index is 4.42. The Hall–Kier alpha value is -3.39. The molecular formula is C27H24N2. The van der Waals surface area contributed by atoms with E-state index in [4.69, 9.17) is 0 Å². The average molecular weight is 377 g/mol. The Morgan fingerprint density at radius 2 is 1.52 bits per heavy atom. The summed E-state index contributed by atoms with van der Waals surface area (Å²) in [6.45, 7) is 0.842. The van der Waals surface area contributed by atoms with Crippen LogP contribution in [0.2, 0.25) is 0 Å². The van der Waals surface area contributed by atoms with Crippen molar-refractivity contribution in [1.29, 1.82) is 0 Å². The second kappa shape index (κ2) is 7.92. The van der Waals surface area contributed by atoms with Gasteiger partial charge in [0, 0.05) is 6.54 Å². The Morgan fingerprint density at radius 3 is 2.31 bits per heavy atom. The van der Waals surface area contributed by atoms with Crippen LogP contribution in [-0.2, 0) is 13.0 Å². The van der Waals surface area contributed by atoms with E-state index in [1.54, 1.807) is 0 Å². The lowest BCUT2D eigenvalue weighted by molar-refractivity contribution is 0.730. The molecule has 0 fully saturated rings. The normalized spacial score (nSPS) is 16.8. The van der Waals surface area contributed by atoms with E-state index in [9.17, 15) is 0 Å². The zero-order chi connectivity index (χ0) is 19.5. The van der Waals surface area contributed by atoms with E-state index in [0.717, 1.165) is 19.4 Å². The first kappa shape index (κ1) is 17.7. The molecule has 0 spiro atoms. The van der Waals surface area contributed by atoms with Gasteiger partial charge in [0.1, 0.15) is 0 Å². The molecule has 0 saturated heterocycles. The maximum atomic E-state index is 4.42. The fourth-order valence-electron chi connectivity index (χ4n) is 4.39. The highest BCUT2D eigenvalue weighted by Gasteiger charge is 2.26. The number of aromatic nitrogens is 2. The Labute approximate surface area is 172 Å². The van der Waals surface area contributed by atoms with Crippen LogP contribution in [0, 0.1) is 0 Å². The minimum Gasteiger partial charge on any atom is -0.327 e. The van der Waals surface area contributed by atoms with Crippen LogP contribution in [0.4, 0.5) is 0 Å². The number of benzene rings is 3. The zero-order valence-electron chi connectivity index (χ0n) is 16.4. The predicted octanol–water partition coefficient (Wildman–Crippen LogP) is 6.20. The van der Waals surface area contributed by atoms with Crippen molar-refractivity contribution in [3.8, 4) is 0 Å². The first-order valence-electron chi connectivity index (χ1n) is 10.2. The molecule has 5 rings (SSSR count). The average Bonchev–Trinajstić information content (AvgIpc) is 3.35. The number of hydrogen-bond donors (Lipinski definition) is 0. The summed E-state index contributed by atoms with van der Waals surface area (Å²) in [5.74, 6) is 0.533. The van der Waals surface area contributed by atoms with Gasteiger partial charge in [-0.25, -0.2) is 4.98 Å². The second-order valence-electron chi connectivity index (χ2n) is 7.78. The van der Waals surface area contributed by atoms with Gasteiger partial charge in [-0.05, 0) is 52.7 Å². The molecule has 0 N–H and O–H groups in total. The number of imidazole rings is 1. The van der Waals surface area contributed by atoms with Gasteiger partial charge in [0.2, 0.25) is 0 Å². The predicted molar refractivity (Wildman–Crippen MR) is 120 cm³/mol. The van der Waals surface area contributed by atoms with Crippen LogP contribution in [-0.4, -0.2) is 9.55 Å². The highest BCUT2D eigenvalue weighted by atomic mass is 15.0. The molecule has 0 bridgehead atoms. The van der Waals surface area contributed by atoms with E-state index in [-0.39, 0.29) is 0 Å². The Balaban J connectivity index is 1.45. The molecule has 3 aromatic carbocycles. The van der Waals surface area contributed by atoms with Crippen LogP contribution in [0.5, 0.6) is 0 Å². The molecule has 1 aliphatic rings. The molecule has 2 nitrogen and oxygen atoms in total. The van der Waals surface area contributed by atoms with Crippen molar-refractivity contribution in [2.24, 2.45) is 0 Å². The molecule has 29 heavy (non-hydrogen) atoms. The summed E-state index contributed by atoms with van der Waals surface area (Å²) in [4.78, 5) is 4.42. The van der Waals surface area contributed by atoms with Crippen LogP contribution in [0.15, 0.2) is 97.5 Å². The lowest BCUT2D eigenvalue weighted by atomic mass is 9.94. The molecule has 0 amide bonds. The molecule has 1 heterocycles. The van der Waals surface area contributed by atoms with Crippen molar-refractivity contribution < 1.29 is 0 Å². The van der Waals surface area contributed by atoms with E-state index in [2.05, 4.69) is 101 Å². The second-order valence-corrected chi connectivity index (χ2v) is 7.78. The number of fused-ring (bicyclic) bond motifs is 1. The molecule has 1 aromatic heterocycles. The summed E-state index contributed by atoms with van der Waals surface area (Å²) >= 11 is 0. The van der Waals surface area contributed by atoms with Crippen molar-refractivity contribution in [2.75, 3.05) is 0 Å². The van der Waals surface area contributed by atoms with Gasteiger partial charge in [-0.1, -0.05) is 84.9 Å². The van der Waals surface area contributed by atoms with Gasteiger partial charge in [0.15, 0.2) is 0 Å². The van der Waals surface area contributed by atoms with E-state index in [1.807, 2.05) is 12.5 Å². The van der Waals surface area contributed by atoms with Crippen LogP contribution in [0.1, 0.15) is 40.3 Å². The molecule has 1 aliphatic carbocycles. The Bertz CT molecular complexity index is 1120. The minimum atomic E-state index is 0.533.